The van der Waals surface area contributed by atoms with E-state index in [4.69, 9.17) is 0 Å². The van der Waals surface area contributed by atoms with Gasteiger partial charge in [-0.05, 0) is 5.04 Å². The van der Waals surface area contributed by atoms with Gasteiger partial charge in [-0.3, -0.25) is 0 Å². The van der Waals surface area contributed by atoms with E-state index < -0.39 is 8.07 Å². The van der Waals surface area contributed by atoms with Crippen LogP contribution >= 0.6 is 0 Å². The number of carbonyl (C=O) groups excluding carboxylic acids is 1. The lowest BCUT2D eigenvalue weighted by atomic mass is 10.2. The Morgan fingerprint density at radius 3 is 1.56 bits per heavy atom. The van der Waals surface area contributed by atoms with Crippen LogP contribution in [0.3, 0.4) is 0 Å². The van der Waals surface area contributed by atoms with Gasteiger partial charge in [0.15, 0.2) is 0 Å². The Labute approximate surface area is 58.5 Å². The summed E-state index contributed by atoms with van der Waals surface area (Å²) in [5.41, 5.74) is 0. The molecule has 0 aromatic rings. The second kappa shape index (κ2) is 2.25. The maximum atomic E-state index is 10.5. The normalized spacial score (nSPS) is 13.4. The zero-order valence-corrected chi connectivity index (χ0v) is 7.99. The van der Waals surface area contributed by atoms with E-state index in [9.17, 15) is 4.79 Å². The molecule has 0 aromatic heterocycles. The lowest BCUT2D eigenvalue weighted by Crippen LogP contribution is -2.38. The van der Waals surface area contributed by atoms with Crippen LogP contribution in [0.1, 0.15) is 20.8 Å². The van der Waals surface area contributed by atoms with Crippen molar-refractivity contribution in [1.82, 2.24) is 0 Å². The highest BCUT2D eigenvalue weighted by Crippen LogP contribution is 2.33. The van der Waals surface area contributed by atoms with Gasteiger partial charge in [0.25, 0.3) is 0 Å². The molecule has 0 aliphatic rings. The third-order valence-electron chi connectivity index (χ3n) is 2.23. The smallest absolute Gasteiger partial charge is 0.128 e. The second-order valence-corrected chi connectivity index (χ2v) is 9.27. The summed E-state index contributed by atoms with van der Waals surface area (Å²) in [4.78, 5) is 10.5. The first-order valence-corrected chi connectivity index (χ1v) is 6.35. The van der Waals surface area contributed by atoms with Crippen molar-refractivity contribution in [2.24, 2.45) is 0 Å². The van der Waals surface area contributed by atoms with Crippen LogP contribution in [-0.2, 0) is 4.79 Å². The summed E-state index contributed by atoms with van der Waals surface area (Å²) in [7, 11) is -1.56. The standard InChI is InChI=1S/C7H16OSi/c1-7(2,3)9(4,5)6-8/h6H,1-5H3. The number of hydrogen-bond acceptors (Lipinski definition) is 1. The molecule has 0 aliphatic carbocycles. The quantitative estimate of drug-likeness (QED) is 0.407. The predicted octanol–water partition coefficient (Wildman–Crippen LogP) is 2.27. The minimum absolute atomic E-state index is 0.217. The molecular formula is C7H16OSi. The van der Waals surface area contributed by atoms with Crippen molar-refractivity contribution < 1.29 is 4.79 Å². The summed E-state index contributed by atoms with van der Waals surface area (Å²) in [6, 6.07) is 0. The van der Waals surface area contributed by atoms with Crippen molar-refractivity contribution in [1.29, 1.82) is 0 Å². The van der Waals surface area contributed by atoms with Gasteiger partial charge in [0.05, 0.1) is 5.91 Å². The van der Waals surface area contributed by atoms with Crippen molar-refractivity contribution in [2.75, 3.05) is 0 Å². The Bertz CT molecular complexity index is 111. The third-order valence-corrected chi connectivity index (χ3v) is 6.68. The zero-order chi connectivity index (χ0) is 7.71. The first-order valence-electron chi connectivity index (χ1n) is 3.27. The van der Waals surface area contributed by atoms with Gasteiger partial charge >= 0.3 is 0 Å². The zero-order valence-electron chi connectivity index (χ0n) is 6.99. The highest BCUT2D eigenvalue weighted by atomic mass is 28.3. The molecular weight excluding hydrogens is 128 g/mol. The van der Waals surface area contributed by atoms with E-state index in [0.29, 0.717) is 0 Å². The van der Waals surface area contributed by atoms with E-state index in [-0.39, 0.29) is 5.04 Å². The van der Waals surface area contributed by atoms with Crippen LogP contribution in [-0.4, -0.2) is 14.0 Å². The van der Waals surface area contributed by atoms with E-state index in [0.717, 1.165) is 5.91 Å². The van der Waals surface area contributed by atoms with Crippen molar-refractivity contribution in [3.63, 3.8) is 0 Å². The fourth-order valence-corrected chi connectivity index (χ4v) is 0.530. The van der Waals surface area contributed by atoms with Crippen LogP contribution in [0.5, 0.6) is 0 Å². The highest BCUT2D eigenvalue weighted by molar-refractivity contribution is 7.01. The molecule has 0 radical (unpaired) electrons. The molecule has 2 heteroatoms. The average Bonchev–Trinajstić information content (AvgIpc) is 1.64. The van der Waals surface area contributed by atoms with E-state index >= 15 is 0 Å². The number of carbonyl (C=O) groups is 1. The van der Waals surface area contributed by atoms with Crippen LogP contribution in [0.25, 0.3) is 0 Å². The second-order valence-electron chi connectivity index (χ2n) is 4.09. The van der Waals surface area contributed by atoms with Crippen LogP contribution < -0.4 is 0 Å². The van der Waals surface area contributed by atoms with Gasteiger partial charge in [0, 0.05) is 0 Å². The molecule has 0 unspecified atom stereocenters. The molecule has 0 heterocycles. The molecule has 0 saturated carbocycles. The SMILES string of the molecule is CC(C)(C)[Si](C)(C)C=O. The van der Waals surface area contributed by atoms with Crippen molar-refractivity contribution in [2.45, 2.75) is 38.9 Å². The molecule has 0 amide bonds. The largest absolute Gasteiger partial charge is 0.309 e. The van der Waals surface area contributed by atoms with Crippen LogP contribution in [0.15, 0.2) is 0 Å². The van der Waals surface area contributed by atoms with Gasteiger partial charge in [0.1, 0.15) is 8.07 Å². The molecule has 0 bridgehead atoms. The molecule has 0 saturated heterocycles. The maximum Gasteiger partial charge on any atom is 0.128 e. The van der Waals surface area contributed by atoms with E-state index in [1.165, 1.54) is 0 Å². The molecule has 9 heavy (non-hydrogen) atoms. The summed E-state index contributed by atoms with van der Waals surface area (Å²) in [6.45, 7) is 10.6. The van der Waals surface area contributed by atoms with Gasteiger partial charge < -0.3 is 4.79 Å². The minimum atomic E-state index is -1.56. The van der Waals surface area contributed by atoms with E-state index in [1.807, 2.05) is 0 Å². The summed E-state index contributed by atoms with van der Waals surface area (Å²) in [5, 5.41) is 0.217. The van der Waals surface area contributed by atoms with Crippen LogP contribution in [0, 0.1) is 0 Å². The predicted molar refractivity (Wildman–Crippen MR) is 43.9 cm³/mol. The Morgan fingerprint density at radius 1 is 1.22 bits per heavy atom. The van der Waals surface area contributed by atoms with E-state index in [1.54, 1.807) is 0 Å². The Morgan fingerprint density at radius 2 is 1.56 bits per heavy atom. The lowest BCUT2D eigenvalue weighted by molar-refractivity contribution is 0.563. The summed E-state index contributed by atoms with van der Waals surface area (Å²) in [6.07, 6.45) is 0. The average molecular weight is 144 g/mol. The van der Waals surface area contributed by atoms with Gasteiger partial charge in [-0.15, -0.1) is 0 Å². The van der Waals surface area contributed by atoms with Gasteiger partial charge in [0.2, 0.25) is 0 Å². The lowest BCUT2D eigenvalue weighted by Gasteiger charge is -2.30. The topological polar surface area (TPSA) is 17.1 Å². The fourth-order valence-electron chi connectivity index (χ4n) is 0.177. The van der Waals surface area contributed by atoms with Crippen LogP contribution in [0.4, 0.5) is 0 Å². The van der Waals surface area contributed by atoms with Gasteiger partial charge in [-0.25, -0.2) is 0 Å². The molecule has 0 rings (SSSR count). The Hall–Kier alpha value is -0.113. The molecule has 54 valence electrons. The van der Waals surface area contributed by atoms with Crippen molar-refractivity contribution in [3.05, 3.63) is 0 Å². The Balaban J connectivity index is 4.32. The molecule has 0 N–H and O–H groups in total. The molecule has 0 aromatic carbocycles. The Kier molecular flexibility index (Phi) is 2.22. The highest BCUT2D eigenvalue weighted by Gasteiger charge is 2.34. The monoisotopic (exact) mass is 144 g/mol. The summed E-state index contributed by atoms with van der Waals surface area (Å²) in [5.74, 6) is 1.16. The molecule has 0 atom stereocenters. The molecule has 0 spiro atoms. The minimum Gasteiger partial charge on any atom is -0.309 e. The van der Waals surface area contributed by atoms with Crippen molar-refractivity contribution >= 4 is 14.0 Å². The third kappa shape index (κ3) is 1.93. The molecule has 0 aliphatic heterocycles. The first-order chi connectivity index (χ1) is 3.81. The summed E-state index contributed by atoms with van der Waals surface area (Å²) < 4.78 is 0. The van der Waals surface area contributed by atoms with E-state index in [2.05, 4.69) is 33.9 Å². The van der Waals surface area contributed by atoms with Crippen LogP contribution in [0.2, 0.25) is 18.1 Å². The first kappa shape index (κ1) is 8.89. The molecule has 0 fully saturated rings. The molecule has 1 nitrogen and oxygen atoms in total. The number of hydrogen-bond donors (Lipinski definition) is 0. The van der Waals surface area contributed by atoms with Gasteiger partial charge in [-0.2, -0.15) is 0 Å². The maximum absolute atomic E-state index is 10.5. The van der Waals surface area contributed by atoms with Crippen molar-refractivity contribution in [3.8, 4) is 0 Å². The van der Waals surface area contributed by atoms with Gasteiger partial charge in [-0.1, -0.05) is 33.9 Å². The number of rotatable bonds is 1. The fraction of sp³-hybridized carbons (Fsp3) is 0.857. The summed E-state index contributed by atoms with van der Waals surface area (Å²) >= 11 is 0.